The van der Waals surface area contributed by atoms with Gasteiger partial charge in [0.05, 0.1) is 5.92 Å². The summed E-state index contributed by atoms with van der Waals surface area (Å²) in [7, 11) is 0. The monoisotopic (exact) mass is 496 g/mol. The molecule has 0 aromatic rings. The third-order valence-corrected chi connectivity index (χ3v) is 3.01. The van der Waals surface area contributed by atoms with Gasteiger partial charge in [0, 0.05) is 16.5 Å². The molecule has 0 radical (unpaired) electrons. The minimum absolute atomic E-state index is 0. The molecule has 18 heavy (non-hydrogen) atoms. The Morgan fingerprint density at radius 3 is 1.72 bits per heavy atom. The standard InChI is InChI=1S/C8H16O2.C2HBr3O2.Ni/c1-3-5-6-7(4-2)8(9)10;3-2(4,5)1(6)7;/h7H,3-6H2,1-2H3,(H,9,10);(H,6,7);. The van der Waals surface area contributed by atoms with Crippen molar-refractivity contribution < 1.29 is 36.3 Å². The molecule has 1 atom stereocenters. The molecule has 1 unspecified atom stereocenters. The summed E-state index contributed by atoms with van der Waals surface area (Å²) in [6, 6.07) is 0. The van der Waals surface area contributed by atoms with Gasteiger partial charge in [-0.15, -0.1) is 0 Å². The van der Waals surface area contributed by atoms with E-state index in [1.54, 1.807) is 0 Å². The second kappa shape index (κ2) is 12.9. The van der Waals surface area contributed by atoms with E-state index in [9.17, 15) is 9.59 Å². The van der Waals surface area contributed by atoms with Crippen LogP contribution in [0, 0.1) is 5.92 Å². The van der Waals surface area contributed by atoms with Crippen molar-refractivity contribution >= 4 is 59.7 Å². The van der Waals surface area contributed by atoms with E-state index in [0.29, 0.717) is 0 Å². The molecule has 0 aromatic heterocycles. The van der Waals surface area contributed by atoms with Gasteiger partial charge in [-0.3, -0.25) is 4.79 Å². The van der Waals surface area contributed by atoms with E-state index in [2.05, 4.69) is 54.7 Å². The molecule has 0 heterocycles. The molecule has 0 bridgehead atoms. The fraction of sp³-hybridized carbons (Fsp3) is 0.800. The van der Waals surface area contributed by atoms with Gasteiger partial charge in [0.1, 0.15) is 0 Å². The topological polar surface area (TPSA) is 74.6 Å². The molecular weight excluding hydrogens is 483 g/mol. The largest absolute Gasteiger partial charge is 0.481 e. The molecule has 0 rings (SSSR count). The Morgan fingerprint density at radius 1 is 1.17 bits per heavy atom. The van der Waals surface area contributed by atoms with Crippen LogP contribution in [0.25, 0.3) is 0 Å². The molecule has 0 fully saturated rings. The number of hydrogen-bond donors (Lipinski definition) is 2. The van der Waals surface area contributed by atoms with Crippen LogP contribution in [0.5, 0.6) is 0 Å². The number of unbranched alkanes of at least 4 members (excludes halogenated alkanes) is 1. The van der Waals surface area contributed by atoms with E-state index >= 15 is 0 Å². The summed E-state index contributed by atoms with van der Waals surface area (Å²) in [5.74, 6) is -1.76. The second-order valence-corrected chi connectivity index (χ2v) is 10.1. The molecule has 0 spiro atoms. The summed E-state index contributed by atoms with van der Waals surface area (Å²) in [5.41, 5.74) is 0. The molecule has 0 aliphatic heterocycles. The molecule has 0 aliphatic carbocycles. The summed E-state index contributed by atoms with van der Waals surface area (Å²) < 4.78 is -1.15. The van der Waals surface area contributed by atoms with E-state index in [1.165, 1.54) is 0 Å². The normalized spacial score (nSPS) is 11.6. The average Bonchev–Trinajstić information content (AvgIpc) is 2.18. The van der Waals surface area contributed by atoms with E-state index in [0.717, 1.165) is 25.7 Å². The van der Waals surface area contributed by atoms with E-state index in [1.807, 2.05) is 6.92 Å². The van der Waals surface area contributed by atoms with Crippen LogP contribution in [-0.4, -0.2) is 24.3 Å². The number of carboxylic acid groups (broad SMARTS) is 2. The predicted octanol–water partition coefficient (Wildman–Crippen LogP) is 4.19. The number of hydrogen-bond acceptors (Lipinski definition) is 2. The summed E-state index contributed by atoms with van der Waals surface area (Å²) in [6.07, 6.45) is 3.71. The minimum atomic E-state index is -1.15. The van der Waals surface area contributed by atoms with Crippen molar-refractivity contribution in [3.63, 3.8) is 0 Å². The number of rotatable bonds is 5. The van der Waals surface area contributed by atoms with Crippen molar-refractivity contribution in [2.24, 2.45) is 5.92 Å². The van der Waals surface area contributed by atoms with Crippen LogP contribution in [0.2, 0.25) is 0 Å². The summed E-state index contributed by atoms with van der Waals surface area (Å²) >= 11 is 8.33. The number of carboxylic acids is 2. The van der Waals surface area contributed by atoms with Gasteiger partial charge < -0.3 is 10.2 Å². The van der Waals surface area contributed by atoms with Crippen LogP contribution in [-0.2, 0) is 26.1 Å². The molecule has 4 nitrogen and oxygen atoms in total. The van der Waals surface area contributed by atoms with Gasteiger partial charge in [-0.1, -0.05) is 26.7 Å². The third kappa shape index (κ3) is 14.9. The van der Waals surface area contributed by atoms with Crippen LogP contribution < -0.4 is 0 Å². The van der Waals surface area contributed by atoms with Gasteiger partial charge in [0.25, 0.3) is 0 Å². The molecule has 112 valence electrons. The first kappa shape index (κ1) is 23.9. The van der Waals surface area contributed by atoms with Crippen molar-refractivity contribution in [3.05, 3.63) is 0 Å². The van der Waals surface area contributed by atoms with E-state index < -0.39 is 14.1 Å². The molecule has 0 aliphatic rings. The molecule has 0 aromatic carbocycles. The Bertz CT molecular complexity index is 244. The van der Waals surface area contributed by atoms with Crippen molar-refractivity contribution in [2.75, 3.05) is 0 Å². The van der Waals surface area contributed by atoms with Crippen LogP contribution >= 0.6 is 47.8 Å². The zero-order valence-corrected chi connectivity index (χ0v) is 15.8. The zero-order chi connectivity index (χ0) is 14.1. The van der Waals surface area contributed by atoms with Crippen molar-refractivity contribution in [2.45, 2.75) is 41.7 Å². The van der Waals surface area contributed by atoms with Crippen LogP contribution in [0.3, 0.4) is 0 Å². The maximum atomic E-state index is 10.4. The minimum Gasteiger partial charge on any atom is -0.481 e. The third-order valence-electron chi connectivity index (χ3n) is 1.99. The molecule has 0 saturated heterocycles. The molecule has 0 saturated carbocycles. The fourth-order valence-electron chi connectivity index (χ4n) is 0.953. The van der Waals surface area contributed by atoms with Crippen LogP contribution in [0.1, 0.15) is 39.5 Å². The maximum Gasteiger partial charge on any atom is 0.342 e. The number of aliphatic carboxylic acids is 2. The number of carbonyl (C=O) groups is 2. The van der Waals surface area contributed by atoms with E-state index in [-0.39, 0.29) is 22.4 Å². The Kier molecular flexibility index (Phi) is 17.1. The summed E-state index contributed by atoms with van der Waals surface area (Å²) in [6.45, 7) is 4.00. The maximum absolute atomic E-state index is 10.4. The van der Waals surface area contributed by atoms with Gasteiger partial charge in [0.15, 0.2) is 0 Å². The second-order valence-electron chi connectivity index (χ2n) is 3.39. The SMILES string of the molecule is CCCCC(CC)C(=O)O.O=C(O)C(Br)(Br)Br.[Ni]. The summed E-state index contributed by atoms with van der Waals surface area (Å²) in [5, 5.41) is 16.7. The Morgan fingerprint density at radius 2 is 1.56 bits per heavy atom. The Balaban J connectivity index is -0.000000251. The Labute approximate surface area is 143 Å². The molecule has 0 amide bonds. The first-order chi connectivity index (χ1) is 7.66. The first-order valence-corrected chi connectivity index (χ1v) is 7.57. The molecule has 2 N–H and O–H groups in total. The van der Waals surface area contributed by atoms with Gasteiger partial charge in [-0.2, -0.15) is 0 Å². The van der Waals surface area contributed by atoms with Crippen LogP contribution in [0.15, 0.2) is 0 Å². The zero-order valence-electron chi connectivity index (χ0n) is 10.1. The van der Waals surface area contributed by atoms with Crippen molar-refractivity contribution in [1.29, 1.82) is 0 Å². The van der Waals surface area contributed by atoms with E-state index in [4.69, 9.17) is 10.2 Å². The fourth-order valence-corrected chi connectivity index (χ4v) is 0.953. The average molecular weight is 500 g/mol. The van der Waals surface area contributed by atoms with Gasteiger partial charge >= 0.3 is 11.9 Å². The quantitative estimate of drug-likeness (QED) is 0.439. The van der Waals surface area contributed by atoms with Crippen LogP contribution in [0.4, 0.5) is 0 Å². The smallest absolute Gasteiger partial charge is 0.342 e. The molecular formula is C10H17Br3NiO4. The van der Waals surface area contributed by atoms with Crippen molar-refractivity contribution in [3.8, 4) is 0 Å². The Hall–Kier alpha value is 0.874. The van der Waals surface area contributed by atoms with Gasteiger partial charge in [0.2, 0.25) is 2.14 Å². The number of alkyl halides is 3. The number of halogens is 3. The summed E-state index contributed by atoms with van der Waals surface area (Å²) in [4.78, 5) is 20.3. The van der Waals surface area contributed by atoms with Crippen molar-refractivity contribution in [1.82, 2.24) is 0 Å². The predicted molar refractivity (Wildman–Crippen MR) is 78.1 cm³/mol. The van der Waals surface area contributed by atoms with Gasteiger partial charge in [-0.05, 0) is 60.6 Å². The molecule has 8 heteroatoms. The first-order valence-electron chi connectivity index (χ1n) is 5.19. The van der Waals surface area contributed by atoms with Gasteiger partial charge in [-0.25, -0.2) is 4.79 Å².